The molecule has 2 heterocycles. The molecule has 0 aliphatic heterocycles. The van der Waals surface area contributed by atoms with Gasteiger partial charge in [-0.25, -0.2) is 0 Å². The number of methoxy groups -OCH3 is 1. The third-order valence-corrected chi connectivity index (χ3v) is 6.01. The van der Waals surface area contributed by atoms with E-state index in [1.165, 1.54) is 11.8 Å². The molecular weight excluding hydrogens is 434 g/mol. The molecule has 0 spiro atoms. The van der Waals surface area contributed by atoms with Gasteiger partial charge in [-0.05, 0) is 43.3 Å². The van der Waals surface area contributed by atoms with Crippen molar-refractivity contribution in [1.29, 1.82) is 0 Å². The Kier molecular flexibility index (Phi) is 6.44. The van der Waals surface area contributed by atoms with Crippen LogP contribution in [-0.2, 0) is 6.54 Å². The summed E-state index contributed by atoms with van der Waals surface area (Å²) in [6.45, 7) is 2.29. The van der Waals surface area contributed by atoms with Gasteiger partial charge in [0.15, 0.2) is 16.8 Å². The van der Waals surface area contributed by atoms with Crippen molar-refractivity contribution >= 4 is 29.1 Å². The van der Waals surface area contributed by atoms with Crippen LogP contribution in [0.15, 0.2) is 76.5 Å². The van der Waals surface area contributed by atoms with Crippen molar-refractivity contribution < 1.29 is 13.9 Å². The van der Waals surface area contributed by atoms with Crippen molar-refractivity contribution in [3.63, 3.8) is 0 Å². The molecule has 0 fully saturated rings. The van der Waals surface area contributed by atoms with Gasteiger partial charge in [0, 0.05) is 16.1 Å². The largest absolute Gasteiger partial charge is 0.497 e. The molecule has 0 N–H and O–H groups in total. The highest BCUT2D eigenvalue weighted by molar-refractivity contribution is 8.00. The summed E-state index contributed by atoms with van der Waals surface area (Å²) in [5.74, 6) is 2.13. The van der Waals surface area contributed by atoms with E-state index in [-0.39, 0.29) is 11.0 Å². The molecule has 6 nitrogen and oxygen atoms in total. The number of aromatic nitrogens is 3. The van der Waals surface area contributed by atoms with Crippen molar-refractivity contribution in [3.8, 4) is 17.1 Å². The van der Waals surface area contributed by atoms with Gasteiger partial charge in [0.25, 0.3) is 0 Å². The average molecular weight is 454 g/mol. The molecule has 2 aromatic carbocycles. The summed E-state index contributed by atoms with van der Waals surface area (Å²) >= 11 is 7.40. The van der Waals surface area contributed by atoms with Crippen LogP contribution in [-0.4, -0.2) is 32.9 Å². The fraction of sp³-hybridized carbons (Fsp3) is 0.174. The second-order valence-corrected chi connectivity index (χ2v) is 8.58. The molecule has 4 aromatic rings. The third-order valence-electron chi connectivity index (χ3n) is 4.70. The molecule has 1 atom stereocenters. The van der Waals surface area contributed by atoms with Crippen LogP contribution in [0.1, 0.15) is 23.0 Å². The quantitative estimate of drug-likeness (QED) is 0.255. The normalized spacial score (nSPS) is 12.0. The minimum Gasteiger partial charge on any atom is -0.497 e. The number of benzene rings is 2. The molecule has 0 amide bonds. The van der Waals surface area contributed by atoms with Crippen LogP contribution in [0.5, 0.6) is 5.75 Å². The van der Waals surface area contributed by atoms with Crippen LogP contribution in [0.2, 0.25) is 5.02 Å². The Balaban J connectivity index is 1.66. The Morgan fingerprint density at radius 3 is 2.74 bits per heavy atom. The first-order valence-corrected chi connectivity index (χ1v) is 10.9. The van der Waals surface area contributed by atoms with Gasteiger partial charge in [-0.3, -0.25) is 9.36 Å². The lowest BCUT2D eigenvalue weighted by molar-refractivity contribution is 0.0994. The Labute approximate surface area is 189 Å². The number of hydrogen-bond donors (Lipinski definition) is 0. The van der Waals surface area contributed by atoms with Crippen LogP contribution in [0.25, 0.3) is 11.4 Å². The highest BCUT2D eigenvalue weighted by Crippen LogP contribution is 2.30. The summed E-state index contributed by atoms with van der Waals surface area (Å²) in [6, 6.07) is 18.3. The molecule has 0 unspecified atom stereocenters. The number of rotatable bonds is 8. The molecule has 31 heavy (non-hydrogen) atoms. The monoisotopic (exact) mass is 453 g/mol. The highest BCUT2D eigenvalue weighted by Gasteiger charge is 2.23. The van der Waals surface area contributed by atoms with E-state index in [0.717, 1.165) is 17.1 Å². The van der Waals surface area contributed by atoms with Gasteiger partial charge in [-0.15, -0.1) is 10.2 Å². The number of ether oxygens (including phenoxy) is 1. The maximum Gasteiger partial charge on any atom is 0.192 e. The second kappa shape index (κ2) is 9.41. The Morgan fingerprint density at radius 1 is 1.16 bits per heavy atom. The fourth-order valence-corrected chi connectivity index (χ4v) is 4.26. The summed E-state index contributed by atoms with van der Waals surface area (Å²) in [7, 11) is 1.62. The Bertz CT molecular complexity index is 1190. The van der Waals surface area contributed by atoms with E-state index < -0.39 is 0 Å². The smallest absolute Gasteiger partial charge is 0.192 e. The number of halogens is 1. The van der Waals surface area contributed by atoms with Crippen LogP contribution in [0, 0.1) is 0 Å². The zero-order valence-electron chi connectivity index (χ0n) is 17.0. The molecule has 0 aliphatic rings. The van der Waals surface area contributed by atoms with E-state index in [1.807, 2.05) is 47.9 Å². The van der Waals surface area contributed by atoms with E-state index >= 15 is 0 Å². The lowest BCUT2D eigenvalue weighted by Crippen LogP contribution is -2.15. The first-order chi connectivity index (χ1) is 15.0. The number of hydrogen-bond acceptors (Lipinski definition) is 6. The van der Waals surface area contributed by atoms with Gasteiger partial charge >= 0.3 is 0 Å². The van der Waals surface area contributed by atoms with Crippen molar-refractivity contribution in [2.75, 3.05) is 7.11 Å². The van der Waals surface area contributed by atoms with E-state index in [0.29, 0.717) is 28.1 Å². The van der Waals surface area contributed by atoms with E-state index in [4.69, 9.17) is 20.8 Å². The van der Waals surface area contributed by atoms with Gasteiger partial charge in [0.1, 0.15) is 11.5 Å². The van der Waals surface area contributed by atoms with E-state index in [1.54, 1.807) is 37.6 Å². The zero-order chi connectivity index (χ0) is 21.8. The Morgan fingerprint density at radius 2 is 2.00 bits per heavy atom. The first kappa shape index (κ1) is 21.2. The number of carbonyl (C=O) groups excluding carboxylic acids is 1. The van der Waals surface area contributed by atoms with E-state index in [2.05, 4.69) is 10.2 Å². The summed E-state index contributed by atoms with van der Waals surface area (Å²) in [4.78, 5) is 12.9. The molecule has 4 rings (SSSR count). The molecule has 8 heteroatoms. The number of nitrogens with zero attached hydrogens (tertiary/aromatic N) is 3. The van der Waals surface area contributed by atoms with E-state index in [9.17, 15) is 4.79 Å². The summed E-state index contributed by atoms with van der Waals surface area (Å²) < 4.78 is 12.8. The molecule has 0 saturated heterocycles. The zero-order valence-corrected chi connectivity index (χ0v) is 18.6. The molecule has 0 bridgehead atoms. The van der Waals surface area contributed by atoms with Gasteiger partial charge in [-0.2, -0.15) is 0 Å². The standard InChI is InChI=1S/C23H20ClN3O3S/c1-15(21(28)16-6-3-8-18(24)12-16)31-23-26-25-22(17-7-4-9-19(13-17)29-2)27(23)14-20-10-5-11-30-20/h3-13,15H,14H2,1-2H3/t15-/m1/s1. The molecular formula is C23H20ClN3O3S. The average Bonchev–Trinajstić information content (AvgIpc) is 3.44. The minimum atomic E-state index is -0.379. The van der Waals surface area contributed by atoms with Gasteiger partial charge < -0.3 is 9.15 Å². The maximum absolute atomic E-state index is 12.9. The summed E-state index contributed by atoms with van der Waals surface area (Å²) in [5, 5.41) is 9.56. The number of Topliss-reactive ketones (excluding diaryl/α,β-unsaturated/α-hetero) is 1. The predicted molar refractivity (Wildman–Crippen MR) is 121 cm³/mol. The summed E-state index contributed by atoms with van der Waals surface area (Å²) in [5.41, 5.74) is 1.43. The van der Waals surface area contributed by atoms with Crippen molar-refractivity contribution in [1.82, 2.24) is 14.8 Å². The molecule has 0 saturated carbocycles. The van der Waals surface area contributed by atoms with Crippen LogP contribution >= 0.6 is 23.4 Å². The number of thioether (sulfide) groups is 1. The van der Waals surface area contributed by atoms with Crippen LogP contribution < -0.4 is 4.74 Å². The molecule has 0 aliphatic carbocycles. The van der Waals surface area contributed by atoms with Gasteiger partial charge in [-0.1, -0.05) is 47.6 Å². The van der Waals surface area contributed by atoms with Crippen LogP contribution in [0.3, 0.4) is 0 Å². The lowest BCUT2D eigenvalue weighted by Gasteiger charge is -2.13. The van der Waals surface area contributed by atoms with Crippen molar-refractivity contribution in [2.45, 2.75) is 23.9 Å². The highest BCUT2D eigenvalue weighted by atomic mass is 35.5. The molecule has 2 aromatic heterocycles. The van der Waals surface area contributed by atoms with Crippen LogP contribution in [0.4, 0.5) is 0 Å². The third kappa shape index (κ3) is 4.84. The number of furan rings is 1. The van der Waals surface area contributed by atoms with Crippen molar-refractivity contribution in [3.05, 3.63) is 83.3 Å². The first-order valence-electron chi connectivity index (χ1n) is 9.61. The topological polar surface area (TPSA) is 70.2 Å². The fourth-order valence-electron chi connectivity index (χ4n) is 3.14. The second-order valence-electron chi connectivity index (χ2n) is 6.84. The minimum absolute atomic E-state index is 0.0250. The molecule has 158 valence electrons. The lowest BCUT2D eigenvalue weighted by atomic mass is 10.1. The van der Waals surface area contributed by atoms with Gasteiger partial charge in [0.05, 0.1) is 25.2 Å². The number of ketones is 1. The number of carbonyl (C=O) groups is 1. The summed E-state index contributed by atoms with van der Waals surface area (Å²) in [6.07, 6.45) is 1.63. The SMILES string of the molecule is COc1cccc(-c2nnc(S[C@H](C)C(=O)c3cccc(Cl)c3)n2Cc2ccco2)c1. The maximum atomic E-state index is 12.9. The van der Waals surface area contributed by atoms with Gasteiger partial charge in [0.2, 0.25) is 0 Å². The predicted octanol–water partition coefficient (Wildman–Crippen LogP) is 5.61. The Hall–Kier alpha value is -3.03. The molecule has 0 radical (unpaired) electrons. The van der Waals surface area contributed by atoms with Crippen molar-refractivity contribution in [2.24, 2.45) is 0 Å².